The molecule has 3 heterocycles. The molecule has 1 amide bonds. The number of carbonyl (C=O) groups excluding carboxylic acids is 1. The Morgan fingerprint density at radius 1 is 1.35 bits per heavy atom. The van der Waals surface area contributed by atoms with Gasteiger partial charge >= 0.3 is 0 Å². The maximum Gasteiger partial charge on any atom is 0.229 e. The van der Waals surface area contributed by atoms with Crippen LogP contribution in [0.25, 0.3) is 5.57 Å². The van der Waals surface area contributed by atoms with Crippen LogP contribution in [0.3, 0.4) is 0 Å². The minimum Gasteiger partial charge on any atom is -0.317 e. The van der Waals surface area contributed by atoms with Gasteiger partial charge in [0.25, 0.3) is 0 Å². The molecular formula is C16H19N5OS. The molecule has 1 saturated heterocycles. The van der Waals surface area contributed by atoms with Crippen LogP contribution in [0.2, 0.25) is 0 Å². The first-order chi connectivity index (χ1) is 11.3. The number of nitrogens with zero attached hydrogens (tertiary/aromatic N) is 2. The summed E-state index contributed by atoms with van der Waals surface area (Å²) in [6, 6.07) is 0.110. The van der Waals surface area contributed by atoms with Gasteiger partial charge in [-0.2, -0.15) is 5.10 Å². The number of allylic oxidation sites excluding steroid dienone is 2. The minimum atomic E-state index is 0.106. The Labute approximate surface area is 138 Å². The van der Waals surface area contributed by atoms with Crippen molar-refractivity contribution < 1.29 is 4.79 Å². The third-order valence-electron chi connectivity index (χ3n) is 4.44. The third-order valence-corrected chi connectivity index (χ3v) is 5.56. The van der Waals surface area contributed by atoms with Gasteiger partial charge in [0.15, 0.2) is 5.17 Å². The van der Waals surface area contributed by atoms with Crippen LogP contribution < -0.4 is 10.6 Å². The zero-order chi connectivity index (χ0) is 15.6. The number of hydrogen-bond acceptors (Lipinski definition) is 5. The summed E-state index contributed by atoms with van der Waals surface area (Å²) >= 11 is 1.63. The van der Waals surface area contributed by atoms with Crippen molar-refractivity contribution in [1.29, 1.82) is 0 Å². The quantitative estimate of drug-likeness (QED) is 0.764. The molecule has 1 fully saturated rings. The van der Waals surface area contributed by atoms with Crippen molar-refractivity contribution in [2.24, 2.45) is 10.9 Å². The van der Waals surface area contributed by atoms with E-state index >= 15 is 0 Å². The van der Waals surface area contributed by atoms with Crippen molar-refractivity contribution in [2.75, 3.05) is 13.1 Å². The highest BCUT2D eigenvalue weighted by atomic mass is 32.2. The Morgan fingerprint density at radius 2 is 2.22 bits per heavy atom. The fourth-order valence-electron chi connectivity index (χ4n) is 3.11. The first kappa shape index (κ1) is 14.7. The molecule has 3 aliphatic rings. The summed E-state index contributed by atoms with van der Waals surface area (Å²) < 4.78 is 0. The number of amidine groups is 1. The van der Waals surface area contributed by atoms with Gasteiger partial charge in [-0.15, -0.1) is 0 Å². The average molecular weight is 329 g/mol. The third kappa shape index (κ3) is 3.11. The molecule has 3 N–H and O–H groups in total. The number of amides is 1. The van der Waals surface area contributed by atoms with Crippen LogP contribution >= 0.6 is 11.8 Å². The number of rotatable bonds is 2. The number of hydrogen-bond donors (Lipinski definition) is 3. The molecule has 2 unspecified atom stereocenters. The summed E-state index contributed by atoms with van der Waals surface area (Å²) in [5.74, 6) is 0.217. The second kappa shape index (κ2) is 6.33. The lowest BCUT2D eigenvalue weighted by atomic mass is 9.97. The largest absolute Gasteiger partial charge is 0.317 e. The van der Waals surface area contributed by atoms with Gasteiger partial charge < -0.3 is 10.6 Å². The molecule has 0 radical (unpaired) electrons. The van der Waals surface area contributed by atoms with E-state index in [2.05, 4.69) is 44.1 Å². The van der Waals surface area contributed by atoms with Crippen molar-refractivity contribution in [1.82, 2.24) is 20.8 Å². The Balaban J connectivity index is 1.40. The molecule has 2 atom stereocenters. The van der Waals surface area contributed by atoms with Crippen LogP contribution in [-0.4, -0.2) is 45.7 Å². The number of nitrogens with one attached hydrogen (secondary N) is 3. The summed E-state index contributed by atoms with van der Waals surface area (Å²) in [5, 5.41) is 14.1. The van der Waals surface area contributed by atoms with Gasteiger partial charge in [-0.3, -0.25) is 14.9 Å². The van der Waals surface area contributed by atoms with E-state index in [1.54, 1.807) is 11.8 Å². The van der Waals surface area contributed by atoms with Gasteiger partial charge in [-0.05, 0) is 31.5 Å². The molecule has 7 heteroatoms. The summed E-state index contributed by atoms with van der Waals surface area (Å²) in [4.78, 5) is 17.0. The van der Waals surface area contributed by atoms with Gasteiger partial charge in [0.2, 0.25) is 5.91 Å². The zero-order valence-electron chi connectivity index (χ0n) is 12.7. The van der Waals surface area contributed by atoms with Gasteiger partial charge in [0.1, 0.15) is 0 Å². The number of aromatic amines is 1. The number of carbonyl (C=O) groups is 1. The van der Waals surface area contributed by atoms with Crippen LogP contribution in [0.5, 0.6) is 0 Å². The number of aromatic nitrogens is 2. The van der Waals surface area contributed by atoms with Crippen molar-refractivity contribution in [3.8, 4) is 0 Å². The number of aliphatic imine (C=N–C) groups is 1. The van der Waals surface area contributed by atoms with Crippen LogP contribution in [0.4, 0.5) is 0 Å². The molecule has 120 valence electrons. The van der Waals surface area contributed by atoms with E-state index in [-0.39, 0.29) is 23.1 Å². The highest BCUT2D eigenvalue weighted by molar-refractivity contribution is 8.14. The normalized spacial score (nSPS) is 27.3. The smallest absolute Gasteiger partial charge is 0.229 e. The summed E-state index contributed by atoms with van der Waals surface area (Å²) in [5.41, 5.74) is 2.22. The molecular weight excluding hydrogens is 310 g/mol. The van der Waals surface area contributed by atoms with Crippen molar-refractivity contribution >= 4 is 28.4 Å². The van der Waals surface area contributed by atoms with E-state index in [1.165, 1.54) is 0 Å². The van der Waals surface area contributed by atoms with E-state index in [9.17, 15) is 4.79 Å². The highest BCUT2D eigenvalue weighted by Gasteiger charge is 2.31. The summed E-state index contributed by atoms with van der Waals surface area (Å²) in [7, 11) is 0. The standard InChI is InChI=1S/C16H19N5OS/c22-15(10-3-5-17-6-4-10)21-16-20-13-2-1-11(7-14(13)23-16)12-8-18-19-9-12/h1-2,7-10,13-14,17H,3-6H2,(H,18,19)(H,20,21,22). The average Bonchev–Trinajstić information content (AvgIpc) is 3.24. The first-order valence-electron chi connectivity index (χ1n) is 7.95. The molecule has 23 heavy (non-hydrogen) atoms. The number of fused-ring (bicyclic) bond motifs is 1. The molecule has 1 aromatic rings. The zero-order valence-corrected chi connectivity index (χ0v) is 13.5. The number of thioether (sulfide) groups is 1. The van der Waals surface area contributed by atoms with Gasteiger partial charge in [0, 0.05) is 17.7 Å². The van der Waals surface area contributed by atoms with Crippen LogP contribution in [0.1, 0.15) is 18.4 Å². The SMILES string of the molecule is O=C(NC1=NC2C=CC(c3cn[nH]c3)=CC2S1)C1CCNCC1. The predicted molar refractivity (Wildman–Crippen MR) is 92.0 cm³/mol. The molecule has 0 spiro atoms. The van der Waals surface area contributed by atoms with Crippen molar-refractivity contribution in [3.63, 3.8) is 0 Å². The lowest BCUT2D eigenvalue weighted by Crippen LogP contribution is -2.39. The van der Waals surface area contributed by atoms with E-state index < -0.39 is 0 Å². The highest BCUT2D eigenvalue weighted by Crippen LogP contribution is 2.34. The Kier molecular flexibility index (Phi) is 4.05. The number of H-pyrrole nitrogens is 1. The lowest BCUT2D eigenvalue weighted by molar-refractivity contribution is -0.124. The molecule has 4 rings (SSSR count). The molecule has 6 nitrogen and oxygen atoms in total. The topological polar surface area (TPSA) is 82.2 Å². The van der Waals surface area contributed by atoms with E-state index in [1.807, 2.05) is 12.4 Å². The molecule has 0 bridgehead atoms. The summed E-state index contributed by atoms with van der Waals surface area (Å²) in [6.07, 6.45) is 11.9. The van der Waals surface area contributed by atoms with E-state index in [0.29, 0.717) is 0 Å². The second-order valence-electron chi connectivity index (χ2n) is 5.99. The van der Waals surface area contributed by atoms with Crippen molar-refractivity contribution in [3.05, 3.63) is 36.2 Å². The maximum atomic E-state index is 12.3. The van der Waals surface area contributed by atoms with E-state index in [0.717, 1.165) is 42.2 Å². The molecule has 0 saturated carbocycles. The minimum absolute atomic E-state index is 0.106. The fourth-order valence-corrected chi connectivity index (χ4v) is 4.22. The molecule has 2 aliphatic heterocycles. The first-order valence-corrected chi connectivity index (χ1v) is 8.83. The maximum absolute atomic E-state index is 12.3. The van der Waals surface area contributed by atoms with Crippen molar-refractivity contribution in [2.45, 2.75) is 24.1 Å². The van der Waals surface area contributed by atoms with E-state index in [4.69, 9.17) is 0 Å². The van der Waals surface area contributed by atoms with Gasteiger partial charge in [0.05, 0.1) is 17.5 Å². The van der Waals surface area contributed by atoms with Crippen LogP contribution in [0.15, 0.2) is 35.6 Å². The molecule has 0 aromatic carbocycles. The Hall–Kier alpha value is -1.86. The van der Waals surface area contributed by atoms with Gasteiger partial charge in [-0.1, -0.05) is 30.0 Å². The predicted octanol–water partition coefficient (Wildman–Crippen LogP) is 1.32. The Bertz CT molecular complexity index is 673. The monoisotopic (exact) mass is 329 g/mol. The molecule has 1 aromatic heterocycles. The molecule has 1 aliphatic carbocycles. The number of piperidine rings is 1. The second-order valence-corrected chi connectivity index (χ2v) is 7.16. The Morgan fingerprint density at radius 3 is 3.00 bits per heavy atom. The summed E-state index contributed by atoms with van der Waals surface area (Å²) in [6.45, 7) is 1.84. The van der Waals surface area contributed by atoms with Crippen LogP contribution in [-0.2, 0) is 4.79 Å². The lowest BCUT2D eigenvalue weighted by Gasteiger charge is -2.21. The van der Waals surface area contributed by atoms with Gasteiger partial charge in [-0.25, -0.2) is 0 Å². The fraction of sp³-hybridized carbons (Fsp3) is 0.438. The van der Waals surface area contributed by atoms with Crippen LogP contribution in [0, 0.1) is 5.92 Å².